The van der Waals surface area contributed by atoms with Crippen molar-refractivity contribution in [3.8, 4) is 22.6 Å². The fourth-order valence-corrected chi connectivity index (χ4v) is 6.48. The fraction of sp³-hybridized carbons (Fsp3) is 0.321. The van der Waals surface area contributed by atoms with E-state index in [0.717, 1.165) is 35.3 Å². The summed E-state index contributed by atoms with van der Waals surface area (Å²) >= 11 is 0. The topological polar surface area (TPSA) is 72.8 Å². The van der Waals surface area contributed by atoms with E-state index in [9.17, 15) is 14.1 Å². The van der Waals surface area contributed by atoms with Crippen LogP contribution in [0.1, 0.15) is 30.4 Å². The Morgan fingerprint density at radius 1 is 1.06 bits per heavy atom. The van der Waals surface area contributed by atoms with Crippen molar-refractivity contribution >= 4 is 25.6 Å². The third-order valence-electron chi connectivity index (χ3n) is 6.48. The van der Waals surface area contributed by atoms with Gasteiger partial charge in [-0.3, -0.25) is 9.00 Å². The van der Waals surface area contributed by atoms with Gasteiger partial charge in [0.05, 0.1) is 17.4 Å². The Bertz CT molecular complexity index is 1200. The second kappa shape index (κ2) is 11.5. The maximum absolute atomic E-state index is 13.2. The first-order valence-electron chi connectivity index (χ1n) is 11.8. The quantitative estimate of drug-likeness (QED) is 0.307. The molecule has 1 saturated heterocycles. The lowest BCUT2D eigenvalue weighted by molar-refractivity contribution is -0.115. The Hall–Kier alpha value is -2.53. The lowest BCUT2D eigenvalue weighted by atomic mass is 9.99. The highest BCUT2D eigenvalue weighted by atomic mass is 32.2. The van der Waals surface area contributed by atoms with Crippen LogP contribution in [0.2, 0.25) is 0 Å². The molecule has 3 aromatic rings. The molecule has 0 amide bonds. The summed E-state index contributed by atoms with van der Waals surface area (Å²) in [4.78, 5) is 12.9. The first-order valence-corrected chi connectivity index (χ1v) is 13.5. The highest BCUT2D eigenvalue weighted by Crippen LogP contribution is 2.35. The largest absolute Gasteiger partial charge is 0.508 e. The lowest BCUT2D eigenvalue weighted by Gasteiger charge is -2.33. The molecule has 0 saturated carbocycles. The molecule has 0 bridgehead atoms. The summed E-state index contributed by atoms with van der Waals surface area (Å²) in [5.41, 5.74) is 4.18. The Balaban J connectivity index is 1.31. The zero-order chi connectivity index (χ0) is 24.8. The second-order valence-corrected chi connectivity index (χ2v) is 11.2. The van der Waals surface area contributed by atoms with Crippen molar-refractivity contribution in [2.75, 3.05) is 19.8 Å². The van der Waals surface area contributed by atoms with E-state index in [-0.39, 0.29) is 5.52 Å². The summed E-state index contributed by atoms with van der Waals surface area (Å²) in [7, 11) is 0.774. The molecular formula is C28H31O5PS. The summed E-state index contributed by atoms with van der Waals surface area (Å²) in [5, 5.41) is 9.77. The molecule has 2 atom stereocenters. The third-order valence-corrected chi connectivity index (χ3v) is 9.26. The predicted octanol–water partition coefficient (Wildman–Crippen LogP) is 5.44. The van der Waals surface area contributed by atoms with Gasteiger partial charge in [0.15, 0.2) is 5.52 Å². The van der Waals surface area contributed by atoms with E-state index in [0.29, 0.717) is 43.3 Å². The molecule has 0 radical (unpaired) electrons. The van der Waals surface area contributed by atoms with Crippen LogP contribution in [0.15, 0.2) is 71.6 Å². The number of phenols is 1. The molecule has 4 rings (SSSR count). The van der Waals surface area contributed by atoms with Crippen molar-refractivity contribution in [1.29, 1.82) is 0 Å². The number of hydrogen-bond donors (Lipinski definition) is 1. The van der Waals surface area contributed by atoms with Crippen LogP contribution in [0.4, 0.5) is 0 Å². The average Bonchev–Trinajstić information content (AvgIpc) is 2.88. The summed E-state index contributed by atoms with van der Waals surface area (Å²) in [6, 6.07) is 21.3. The molecule has 0 aromatic heterocycles. The Morgan fingerprint density at radius 3 is 2.46 bits per heavy atom. The maximum Gasteiger partial charge on any atom is 0.167 e. The number of carbonyl (C=O) groups is 1. The molecule has 1 heterocycles. The number of phenolic OH excluding ortho intramolecular Hbond substituents is 1. The van der Waals surface area contributed by atoms with E-state index in [4.69, 9.17) is 9.47 Å². The second-order valence-electron chi connectivity index (χ2n) is 8.86. The van der Waals surface area contributed by atoms with Crippen LogP contribution in [-0.4, -0.2) is 39.4 Å². The smallest absolute Gasteiger partial charge is 0.167 e. The van der Waals surface area contributed by atoms with Crippen LogP contribution in [-0.2, 0) is 26.8 Å². The van der Waals surface area contributed by atoms with Crippen molar-refractivity contribution in [3.05, 3.63) is 77.9 Å². The molecular weight excluding hydrogens is 479 g/mol. The van der Waals surface area contributed by atoms with Crippen molar-refractivity contribution in [2.24, 2.45) is 0 Å². The molecule has 0 spiro atoms. The first-order chi connectivity index (χ1) is 16.9. The molecule has 1 N–H and O–H groups in total. The summed E-state index contributed by atoms with van der Waals surface area (Å²) < 4.78 is 23.6. The monoisotopic (exact) mass is 510 g/mol. The molecule has 1 aliphatic heterocycles. The Morgan fingerprint density at radius 2 is 1.77 bits per heavy atom. The van der Waals surface area contributed by atoms with Gasteiger partial charge < -0.3 is 14.6 Å². The van der Waals surface area contributed by atoms with E-state index >= 15 is 0 Å². The minimum atomic E-state index is -1.44. The average molecular weight is 511 g/mol. The van der Waals surface area contributed by atoms with Crippen molar-refractivity contribution in [1.82, 2.24) is 0 Å². The van der Waals surface area contributed by atoms with Gasteiger partial charge in [-0.2, -0.15) is 0 Å². The van der Waals surface area contributed by atoms with Gasteiger partial charge in [0.1, 0.15) is 16.2 Å². The molecule has 184 valence electrons. The molecule has 3 aromatic carbocycles. The molecule has 35 heavy (non-hydrogen) atoms. The van der Waals surface area contributed by atoms with Crippen LogP contribution in [0, 0.1) is 6.92 Å². The highest BCUT2D eigenvalue weighted by molar-refractivity contribution is 7.88. The first kappa shape index (κ1) is 25.6. The van der Waals surface area contributed by atoms with Crippen LogP contribution in [0.25, 0.3) is 11.1 Å². The van der Waals surface area contributed by atoms with Crippen molar-refractivity contribution in [2.45, 2.75) is 42.2 Å². The normalized spacial score (nSPS) is 15.9. The molecule has 1 fully saturated rings. The standard InChI is InChI=1S/C28H31O5PS/c1-20-18-23(7-12-26(20)29)22-6-2-4-21(19-22)5-3-15-33-24-8-10-25(11-9-24)35(31)28(27(30)34)13-16-32-17-14-28/h2,4,6-12,18-19,29H,3,5,13-17,34H2,1H3. The number of hydrogen-bond acceptors (Lipinski definition) is 5. The summed E-state index contributed by atoms with van der Waals surface area (Å²) in [6.45, 7) is 3.36. The number of carbonyl (C=O) groups excluding carboxylic acids is 1. The van der Waals surface area contributed by atoms with E-state index in [2.05, 4.69) is 33.5 Å². The van der Waals surface area contributed by atoms with Gasteiger partial charge in [-0.15, -0.1) is 0 Å². The van der Waals surface area contributed by atoms with Gasteiger partial charge in [-0.1, -0.05) is 39.6 Å². The van der Waals surface area contributed by atoms with Gasteiger partial charge in [0.25, 0.3) is 0 Å². The minimum Gasteiger partial charge on any atom is -0.508 e. The van der Waals surface area contributed by atoms with Crippen LogP contribution < -0.4 is 4.74 Å². The molecule has 1 aliphatic rings. The van der Waals surface area contributed by atoms with E-state index < -0.39 is 15.5 Å². The molecule has 2 unspecified atom stereocenters. The number of aromatic hydroxyl groups is 1. The number of aryl methyl sites for hydroxylation is 2. The van der Waals surface area contributed by atoms with E-state index in [1.54, 1.807) is 18.2 Å². The zero-order valence-corrected chi connectivity index (χ0v) is 21.8. The molecule has 7 heteroatoms. The van der Waals surface area contributed by atoms with Crippen molar-refractivity contribution in [3.63, 3.8) is 0 Å². The predicted molar refractivity (Wildman–Crippen MR) is 142 cm³/mol. The van der Waals surface area contributed by atoms with Crippen LogP contribution in [0.3, 0.4) is 0 Å². The highest BCUT2D eigenvalue weighted by Gasteiger charge is 2.44. The van der Waals surface area contributed by atoms with Crippen LogP contribution in [0.5, 0.6) is 11.5 Å². The Kier molecular flexibility index (Phi) is 8.38. The zero-order valence-electron chi connectivity index (χ0n) is 19.9. The number of ether oxygens (including phenoxy) is 2. The van der Waals surface area contributed by atoms with Crippen LogP contribution >= 0.6 is 9.24 Å². The molecule has 5 nitrogen and oxygen atoms in total. The van der Waals surface area contributed by atoms with E-state index in [1.165, 1.54) is 5.56 Å². The number of rotatable bonds is 9. The minimum absolute atomic E-state index is 0.121. The third kappa shape index (κ3) is 6.00. The fourth-order valence-electron chi connectivity index (χ4n) is 4.32. The number of benzene rings is 3. The molecule has 0 aliphatic carbocycles. The van der Waals surface area contributed by atoms with Gasteiger partial charge in [0.2, 0.25) is 0 Å². The van der Waals surface area contributed by atoms with Crippen molar-refractivity contribution < 1.29 is 23.6 Å². The van der Waals surface area contributed by atoms with Gasteiger partial charge in [-0.05, 0) is 91.3 Å². The lowest BCUT2D eigenvalue weighted by Crippen LogP contribution is -2.45. The summed E-state index contributed by atoms with van der Waals surface area (Å²) in [5.74, 6) is 1.03. The SMILES string of the molecule is Cc1cc(-c2cccc(CCCOc3ccc(S(=O)C4(C(=O)P)CCOCC4)cc3)c2)ccc1O. The maximum atomic E-state index is 13.2. The van der Waals surface area contributed by atoms with Gasteiger partial charge >= 0.3 is 0 Å². The van der Waals surface area contributed by atoms with Gasteiger partial charge in [-0.25, -0.2) is 0 Å². The summed E-state index contributed by atoms with van der Waals surface area (Å²) in [6.07, 6.45) is 2.67. The Labute approximate surface area is 211 Å². The van der Waals surface area contributed by atoms with Gasteiger partial charge in [0, 0.05) is 18.1 Å². The van der Waals surface area contributed by atoms with E-state index in [1.807, 2.05) is 31.2 Å².